The lowest BCUT2D eigenvalue weighted by molar-refractivity contribution is 0.0526. The largest absolute Gasteiger partial charge is 0.491 e. The maximum absolute atomic E-state index is 11.7. The van der Waals surface area contributed by atoms with Gasteiger partial charge in [-0.15, -0.1) is 0 Å². The molecule has 1 rings (SSSR count). The summed E-state index contributed by atoms with van der Waals surface area (Å²) in [7, 11) is 0. The van der Waals surface area contributed by atoms with Gasteiger partial charge in [-0.25, -0.2) is 4.79 Å². The van der Waals surface area contributed by atoms with Crippen LogP contribution < -0.4 is 10.5 Å². The number of nitrogens with two attached hydrogens (primary N) is 1. The standard InChI is InChI=1S/C19H31NO3/c1-3-5-6-7-8-9-10-11-14-23-18-15-16(12-13-17(18)20)19(21)22-4-2/h12-13,15H,3-11,14,20H2,1-2H3. The van der Waals surface area contributed by atoms with Crippen molar-refractivity contribution in [3.8, 4) is 5.75 Å². The van der Waals surface area contributed by atoms with Crippen LogP contribution in [0, 0.1) is 0 Å². The minimum atomic E-state index is -0.343. The summed E-state index contributed by atoms with van der Waals surface area (Å²) < 4.78 is 10.7. The molecule has 0 radical (unpaired) electrons. The zero-order chi connectivity index (χ0) is 16.9. The van der Waals surface area contributed by atoms with Crippen molar-refractivity contribution >= 4 is 11.7 Å². The van der Waals surface area contributed by atoms with Gasteiger partial charge in [-0.05, 0) is 31.5 Å². The van der Waals surface area contributed by atoms with E-state index in [0.717, 1.165) is 6.42 Å². The van der Waals surface area contributed by atoms with Gasteiger partial charge in [-0.1, -0.05) is 51.9 Å². The van der Waals surface area contributed by atoms with Crippen LogP contribution >= 0.6 is 0 Å². The van der Waals surface area contributed by atoms with E-state index in [9.17, 15) is 4.79 Å². The molecule has 0 aromatic heterocycles. The van der Waals surface area contributed by atoms with E-state index >= 15 is 0 Å². The first-order valence-electron chi connectivity index (χ1n) is 8.88. The molecule has 23 heavy (non-hydrogen) atoms. The van der Waals surface area contributed by atoms with Crippen molar-refractivity contribution in [3.63, 3.8) is 0 Å². The Morgan fingerprint density at radius 3 is 2.30 bits per heavy atom. The van der Waals surface area contributed by atoms with E-state index in [2.05, 4.69) is 6.92 Å². The molecule has 0 aliphatic rings. The first-order valence-corrected chi connectivity index (χ1v) is 8.88. The average molecular weight is 321 g/mol. The predicted octanol–water partition coefficient (Wildman–Crippen LogP) is 4.97. The van der Waals surface area contributed by atoms with Crippen LogP contribution in [0.15, 0.2) is 18.2 Å². The summed E-state index contributed by atoms with van der Waals surface area (Å²) in [6.07, 6.45) is 10.1. The van der Waals surface area contributed by atoms with Crippen molar-refractivity contribution in [3.05, 3.63) is 23.8 Å². The molecule has 0 aliphatic heterocycles. The van der Waals surface area contributed by atoms with Gasteiger partial charge in [0, 0.05) is 0 Å². The Bertz CT molecular complexity index is 460. The van der Waals surface area contributed by atoms with Gasteiger partial charge >= 0.3 is 5.97 Å². The fourth-order valence-electron chi connectivity index (χ4n) is 2.42. The van der Waals surface area contributed by atoms with Gasteiger partial charge in [0.1, 0.15) is 5.75 Å². The Morgan fingerprint density at radius 2 is 1.65 bits per heavy atom. The van der Waals surface area contributed by atoms with Gasteiger partial charge < -0.3 is 15.2 Å². The summed E-state index contributed by atoms with van der Waals surface area (Å²) in [6.45, 7) is 5.01. The number of esters is 1. The fraction of sp³-hybridized carbons (Fsp3) is 0.632. The first-order chi connectivity index (χ1) is 11.2. The molecule has 2 N–H and O–H groups in total. The van der Waals surface area contributed by atoms with E-state index in [-0.39, 0.29) is 5.97 Å². The second-order valence-electron chi connectivity index (χ2n) is 5.80. The number of nitrogen functional groups attached to an aromatic ring is 1. The second kappa shape index (κ2) is 11.8. The number of hydrogen-bond acceptors (Lipinski definition) is 4. The Labute approximate surface area is 140 Å². The minimum Gasteiger partial charge on any atom is -0.491 e. The number of anilines is 1. The summed E-state index contributed by atoms with van der Waals surface area (Å²) in [5.41, 5.74) is 6.93. The molecular weight excluding hydrogens is 290 g/mol. The molecule has 0 aliphatic carbocycles. The molecule has 0 heterocycles. The summed E-state index contributed by atoms with van der Waals surface area (Å²) in [5.74, 6) is 0.225. The number of unbranched alkanes of at least 4 members (excludes halogenated alkanes) is 7. The molecule has 0 amide bonds. The highest BCUT2D eigenvalue weighted by atomic mass is 16.5. The van der Waals surface area contributed by atoms with Crippen LogP contribution in [0.1, 0.15) is 75.6 Å². The highest BCUT2D eigenvalue weighted by Gasteiger charge is 2.10. The molecule has 0 bridgehead atoms. The highest BCUT2D eigenvalue weighted by molar-refractivity contribution is 5.90. The third-order valence-electron chi connectivity index (χ3n) is 3.78. The lowest BCUT2D eigenvalue weighted by Crippen LogP contribution is -2.06. The normalized spacial score (nSPS) is 10.5. The molecule has 0 fully saturated rings. The first kappa shape index (κ1) is 19.3. The zero-order valence-corrected chi connectivity index (χ0v) is 14.6. The van der Waals surface area contributed by atoms with E-state index in [1.807, 2.05) is 0 Å². The molecule has 0 saturated heterocycles. The molecule has 4 heteroatoms. The van der Waals surface area contributed by atoms with Gasteiger partial charge in [0.15, 0.2) is 0 Å². The molecule has 0 atom stereocenters. The molecule has 0 spiro atoms. The zero-order valence-electron chi connectivity index (χ0n) is 14.6. The highest BCUT2D eigenvalue weighted by Crippen LogP contribution is 2.23. The van der Waals surface area contributed by atoms with Crippen LogP contribution in [0.2, 0.25) is 0 Å². The van der Waals surface area contributed by atoms with E-state index < -0.39 is 0 Å². The smallest absolute Gasteiger partial charge is 0.338 e. The maximum atomic E-state index is 11.7. The summed E-state index contributed by atoms with van der Waals surface area (Å²) in [6, 6.07) is 5.02. The van der Waals surface area contributed by atoms with Crippen LogP contribution in [0.4, 0.5) is 5.69 Å². The summed E-state index contributed by atoms with van der Waals surface area (Å²) in [4.78, 5) is 11.7. The predicted molar refractivity (Wildman–Crippen MR) is 94.9 cm³/mol. The molecule has 4 nitrogen and oxygen atoms in total. The molecule has 0 unspecified atom stereocenters. The molecular formula is C19H31NO3. The van der Waals surface area contributed by atoms with E-state index in [1.165, 1.54) is 44.9 Å². The van der Waals surface area contributed by atoms with Crippen LogP contribution in [-0.2, 0) is 4.74 Å². The van der Waals surface area contributed by atoms with Crippen LogP contribution in [0.3, 0.4) is 0 Å². The number of benzene rings is 1. The van der Waals surface area contributed by atoms with Crippen LogP contribution in [0.5, 0.6) is 5.75 Å². The number of hydrogen-bond donors (Lipinski definition) is 1. The van der Waals surface area contributed by atoms with Gasteiger partial charge in [0.2, 0.25) is 0 Å². The quantitative estimate of drug-likeness (QED) is 0.335. The Morgan fingerprint density at radius 1 is 1.00 bits per heavy atom. The minimum absolute atomic E-state index is 0.343. The topological polar surface area (TPSA) is 61.5 Å². The third kappa shape index (κ3) is 7.91. The van der Waals surface area contributed by atoms with Gasteiger partial charge in [0.05, 0.1) is 24.5 Å². The number of rotatable bonds is 12. The van der Waals surface area contributed by atoms with Crippen molar-refractivity contribution < 1.29 is 14.3 Å². The van der Waals surface area contributed by atoms with Crippen molar-refractivity contribution in [1.29, 1.82) is 0 Å². The average Bonchev–Trinajstić information content (AvgIpc) is 2.55. The maximum Gasteiger partial charge on any atom is 0.338 e. The van der Waals surface area contributed by atoms with Gasteiger partial charge in [-0.2, -0.15) is 0 Å². The van der Waals surface area contributed by atoms with Gasteiger partial charge in [-0.3, -0.25) is 0 Å². The molecule has 0 saturated carbocycles. The Balaban J connectivity index is 2.26. The SMILES string of the molecule is CCCCCCCCCCOc1cc(C(=O)OCC)ccc1N. The molecule has 1 aromatic rings. The number of carbonyl (C=O) groups excluding carboxylic acids is 1. The summed E-state index contributed by atoms with van der Waals surface area (Å²) in [5, 5.41) is 0. The number of carbonyl (C=O) groups is 1. The van der Waals surface area contributed by atoms with Crippen molar-refractivity contribution in [1.82, 2.24) is 0 Å². The van der Waals surface area contributed by atoms with Crippen molar-refractivity contribution in [2.24, 2.45) is 0 Å². The third-order valence-corrected chi connectivity index (χ3v) is 3.78. The summed E-state index contributed by atoms with van der Waals surface area (Å²) >= 11 is 0. The van der Waals surface area contributed by atoms with Gasteiger partial charge in [0.25, 0.3) is 0 Å². The second-order valence-corrected chi connectivity index (χ2v) is 5.80. The molecule has 130 valence electrons. The van der Waals surface area contributed by atoms with Crippen LogP contribution in [0.25, 0.3) is 0 Å². The monoisotopic (exact) mass is 321 g/mol. The Hall–Kier alpha value is -1.71. The van der Waals surface area contributed by atoms with E-state index in [0.29, 0.717) is 30.2 Å². The molecule has 1 aromatic carbocycles. The lowest BCUT2D eigenvalue weighted by atomic mass is 10.1. The van der Waals surface area contributed by atoms with E-state index in [1.54, 1.807) is 25.1 Å². The van der Waals surface area contributed by atoms with Crippen LogP contribution in [-0.4, -0.2) is 19.2 Å². The Kier molecular flexibility index (Phi) is 9.92. The van der Waals surface area contributed by atoms with Crippen molar-refractivity contribution in [2.45, 2.75) is 65.2 Å². The van der Waals surface area contributed by atoms with E-state index in [4.69, 9.17) is 15.2 Å². The fourth-order valence-corrected chi connectivity index (χ4v) is 2.42. The lowest BCUT2D eigenvalue weighted by Gasteiger charge is -2.10. The van der Waals surface area contributed by atoms with Crippen molar-refractivity contribution in [2.75, 3.05) is 18.9 Å². The number of ether oxygens (including phenoxy) is 2.